The van der Waals surface area contributed by atoms with Gasteiger partial charge in [0.2, 0.25) is 5.88 Å². The topological polar surface area (TPSA) is 138 Å². The summed E-state index contributed by atoms with van der Waals surface area (Å²) in [6.45, 7) is -5.55. The molecule has 0 saturated heterocycles. The van der Waals surface area contributed by atoms with Crippen molar-refractivity contribution in [2.24, 2.45) is 0 Å². The SMILES string of the molecule is Nc1cn[nH]c(=O)c1C(F)(F)F.O=c1c2cc(F)c(-c3cnc(OC(F)F)cn3)cc2ccn1CCCCCOC(F)F. The molecule has 0 atom stereocenters. The Morgan fingerprint density at radius 1 is 0.977 bits per heavy atom. The largest absolute Gasteiger partial charge is 0.423 e. The number of anilines is 1. The molecule has 10 nitrogen and oxygen atoms in total. The first-order valence-electron chi connectivity index (χ1n) is 12.2. The third-order valence-corrected chi connectivity index (χ3v) is 5.63. The quantitative estimate of drug-likeness (QED) is 0.187. The highest BCUT2D eigenvalue weighted by Crippen LogP contribution is 2.29. The Kier molecular flexibility index (Phi) is 11.1. The minimum atomic E-state index is -4.74. The molecule has 0 amide bonds. The number of benzene rings is 1. The second-order valence-electron chi connectivity index (χ2n) is 8.57. The van der Waals surface area contributed by atoms with Gasteiger partial charge in [-0.3, -0.25) is 9.59 Å². The number of hydrogen-bond donors (Lipinski definition) is 2. The number of pyridine rings is 1. The van der Waals surface area contributed by atoms with Crippen LogP contribution in [-0.4, -0.2) is 44.6 Å². The van der Waals surface area contributed by atoms with Crippen molar-refractivity contribution in [3.05, 3.63) is 75.1 Å². The number of unbranched alkanes of at least 4 members (excludes halogenated alkanes) is 2. The Balaban J connectivity index is 0.000000353. The highest BCUT2D eigenvalue weighted by atomic mass is 19.4. The fourth-order valence-electron chi connectivity index (χ4n) is 3.72. The molecule has 232 valence electrons. The Morgan fingerprint density at radius 2 is 1.72 bits per heavy atom. The average Bonchev–Trinajstić information content (AvgIpc) is 2.91. The van der Waals surface area contributed by atoms with Crippen molar-refractivity contribution >= 4 is 16.5 Å². The van der Waals surface area contributed by atoms with Gasteiger partial charge >= 0.3 is 19.4 Å². The number of nitrogens with zero attached hydrogens (tertiary/aromatic N) is 4. The molecule has 0 saturated carbocycles. The van der Waals surface area contributed by atoms with Gasteiger partial charge in [-0.15, -0.1) is 0 Å². The number of hydrogen-bond acceptors (Lipinski definition) is 8. The molecule has 0 bridgehead atoms. The van der Waals surface area contributed by atoms with E-state index < -0.39 is 53.5 Å². The zero-order valence-corrected chi connectivity index (χ0v) is 21.8. The summed E-state index contributed by atoms with van der Waals surface area (Å²) in [6.07, 6.45) is 1.22. The van der Waals surface area contributed by atoms with Crippen LogP contribution in [-0.2, 0) is 17.5 Å². The third kappa shape index (κ3) is 9.19. The predicted octanol–water partition coefficient (Wildman–Crippen LogP) is 4.98. The third-order valence-electron chi connectivity index (χ3n) is 5.63. The first kappa shape index (κ1) is 32.9. The number of ether oxygens (including phenoxy) is 2. The fraction of sp³-hybridized carbons (Fsp3) is 0.320. The van der Waals surface area contributed by atoms with Gasteiger partial charge in [-0.05, 0) is 42.8 Å². The summed E-state index contributed by atoms with van der Waals surface area (Å²) in [5, 5.41) is 5.37. The second-order valence-corrected chi connectivity index (χ2v) is 8.57. The van der Waals surface area contributed by atoms with E-state index in [1.807, 2.05) is 0 Å². The van der Waals surface area contributed by atoms with Gasteiger partial charge in [-0.1, -0.05) is 0 Å². The van der Waals surface area contributed by atoms with Crippen molar-refractivity contribution in [1.82, 2.24) is 24.7 Å². The van der Waals surface area contributed by atoms with Crippen LogP contribution in [0.4, 0.5) is 40.8 Å². The number of nitrogens with one attached hydrogen (secondary N) is 1. The predicted molar refractivity (Wildman–Crippen MR) is 136 cm³/mol. The molecule has 1 aromatic carbocycles. The number of aromatic nitrogens is 5. The van der Waals surface area contributed by atoms with Gasteiger partial charge < -0.3 is 19.8 Å². The highest BCUT2D eigenvalue weighted by Gasteiger charge is 2.36. The minimum absolute atomic E-state index is 0.0553. The van der Waals surface area contributed by atoms with Gasteiger partial charge in [0, 0.05) is 18.3 Å². The van der Waals surface area contributed by atoms with E-state index in [1.165, 1.54) is 10.6 Å². The lowest BCUT2D eigenvalue weighted by Gasteiger charge is -2.10. The van der Waals surface area contributed by atoms with Gasteiger partial charge in [0.15, 0.2) is 0 Å². The van der Waals surface area contributed by atoms with E-state index in [0.717, 1.165) is 24.7 Å². The second kappa shape index (κ2) is 14.5. The lowest BCUT2D eigenvalue weighted by atomic mass is 10.1. The van der Waals surface area contributed by atoms with Gasteiger partial charge in [-0.2, -0.15) is 35.8 Å². The maximum absolute atomic E-state index is 14.6. The van der Waals surface area contributed by atoms with Gasteiger partial charge in [0.1, 0.15) is 11.4 Å². The molecule has 0 unspecified atom stereocenters. The maximum Gasteiger partial charge on any atom is 0.423 e. The van der Waals surface area contributed by atoms with Gasteiger partial charge in [-0.25, -0.2) is 19.5 Å². The number of nitrogen functional groups attached to an aromatic ring is 1. The summed E-state index contributed by atoms with van der Waals surface area (Å²) in [5.74, 6) is -1.12. The molecule has 0 aliphatic rings. The highest BCUT2D eigenvalue weighted by molar-refractivity contribution is 5.86. The molecule has 4 rings (SSSR count). The fourth-order valence-corrected chi connectivity index (χ4v) is 3.72. The smallest absolute Gasteiger partial charge is 0.415 e. The molecular formula is C25H22F8N6O4. The van der Waals surface area contributed by atoms with E-state index in [9.17, 15) is 44.7 Å². The lowest BCUT2D eigenvalue weighted by Crippen LogP contribution is -2.24. The van der Waals surface area contributed by atoms with Crippen LogP contribution >= 0.6 is 0 Å². The van der Waals surface area contributed by atoms with E-state index in [4.69, 9.17) is 5.73 Å². The summed E-state index contributed by atoms with van der Waals surface area (Å²) < 4.78 is 108. The molecular weight excluding hydrogens is 600 g/mol. The Labute approximate surface area is 236 Å². The zero-order valence-electron chi connectivity index (χ0n) is 21.8. The van der Waals surface area contributed by atoms with Crippen LogP contribution < -0.4 is 21.6 Å². The summed E-state index contributed by atoms with van der Waals surface area (Å²) in [6, 6.07) is 4.16. The first-order valence-corrected chi connectivity index (χ1v) is 12.2. The summed E-state index contributed by atoms with van der Waals surface area (Å²) >= 11 is 0. The Morgan fingerprint density at radius 3 is 2.30 bits per heavy atom. The van der Waals surface area contributed by atoms with Crippen LogP contribution in [0.3, 0.4) is 0 Å². The zero-order chi connectivity index (χ0) is 31.7. The maximum atomic E-state index is 14.6. The number of rotatable bonds is 10. The van der Waals surface area contributed by atoms with Crippen LogP contribution in [0.15, 0.2) is 52.6 Å². The number of fused-ring (bicyclic) bond motifs is 1. The number of halogens is 8. The van der Waals surface area contributed by atoms with Crippen molar-refractivity contribution in [2.75, 3.05) is 12.3 Å². The average molecular weight is 622 g/mol. The molecule has 0 aliphatic heterocycles. The number of aromatic amines is 1. The number of aryl methyl sites for hydroxylation is 1. The summed E-state index contributed by atoms with van der Waals surface area (Å²) in [5.41, 5.74) is 1.25. The number of H-pyrrole nitrogens is 1. The number of nitrogens with two attached hydrogens (primary N) is 1. The van der Waals surface area contributed by atoms with E-state index in [0.29, 0.717) is 31.2 Å². The monoisotopic (exact) mass is 622 g/mol. The molecule has 3 aromatic heterocycles. The van der Waals surface area contributed by atoms with Crippen molar-refractivity contribution < 1.29 is 44.6 Å². The van der Waals surface area contributed by atoms with Crippen LogP contribution in [0.2, 0.25) is 0 Å². The minimum Gasteiger partial charge on any atom is -0.415 e. The summed E-state index contributed by atoms with van der Waals surface area (Å²) in [4.78, 5) is 30.8. The van der Waals surface area contributed by atoms with E-state index in [1.54, 1.807) is 17.4 Å². The normalized spacial score (nSPS) is 11.6. The molecule has 3 N–H and O–H groups in total. The van der Waals surface area contributed by atoms with Crippen molar-refractivity contribution in [3.63, 3.8) is 0 Å². The molecule has 0 radical (unpaired) electrons. The number of alkyl halides is 7. The Bertz CT molecular complexity index is 1630. The van der Waals surface area contributed by atoms with E-state index >= 15 is 0 Å². The van der Waals surface area contributed by atoms with Crippen LogP contribution in [0.25, 0.3) is 22.0 Å². The van der Waals surface area contributed by atoms with Crippen LogP contribution in [0.5, 0.6) is 5.88 Å². The van der Waals surface area contributed by atoms with E-state index in [2.05, 4.69) is 24.5 Å². The van der Waals surface area contributed by atoms with E-state index in [-0.39, 0.29) is 23.3 Å². The molecule has 43 heavy (non-hydrogen) atoms. The molecule has 18 heteroatoms. The molecule has 4 aromatic rings. The first-order chi connectivity index (χ1) is 20.3. The Hall–Kier alpha value is -4.61. The van der Waals surface area contributed by atoms with Gasteiger partial charge in [0.25, 0.3) is 11.1 Å². The molecule has 0 spiro atoms. The molecule has 0 aliphatic carbocycles. The molecule has 3 heterocycles. The van der Waals surface area contributed by atoms with Crippen LogP contribution in [0.1, 0.15) is 24.8 Å². The standard InChI is InChI=1S/C20H18F5N3O3.C5H4F3N3O/c21-15-9-13-12(8-14(15)16-10-27-17(11-26-16)31-20(24)25)4-6-28(18(13)29)5-2-1-3-7-30-19(22)23;6-5(7,8)3-2(9)1-10-11-4(3)12/h4,6,8-11,19-20H,1-3,5,7H2;1H,(H3,9,11,12). The van der Waals surface area contributed by atoms with Gasteiger partial charge in [0.05, 0.1) is 42.0 Å². The van der Waals surface area contributed by atoms with Crippen molar-refractivity contribution in [3.8, 4) is 17.1 Å². The van der Waals surface area contributed by atoms with Crippen molar-refractivity contribution in [2.45, 2.75) is 45.2 Å². The molecule has 0 fully saturated rings. The lowest BCUT2D eigenvalue weighted by molar-refractivity contribution is -0.138. The summed E-state index contributed by atoms with van der Waals surface area (Å²) in [7, 11) is 0. The van der Waals surface area contributed by atoms with Crippen molar-refractivity contribution in [1.29, 1.82) is 0 Å². The van der Waals surface area contributed by atoms with Crippen LogP contribution in [0, 0.1) is 5.82 Å².